The summed E-state index contributed by atoms with van der Waals surface area (Å²) in [5, 5.41) is 9.32. The number of nitrogens with zero attached hydrogens (tertiary/aromatic N) is 3. The first kappa shape index (κ1) is 19.8. The number of amides is 1. The first-order chi connectivity index (χ1) is 14.5. The van der Waals surface area contributed by atoms with Crippen LogP contribution in [0.5, 0.6) is 5.75 Å². The van der Waals surface area contributed by atoms with E-state index in [0.29, 0.717) is 36.5 Å². The van der Waals surface area contributed by atoms with Gasteiger partial charge in [0.15, 0.2) is 0 Å². The maximum absolute atomic E-state index is 12.9. The van der Waals surface area contributed by atoms with E-state index in [2.05, 4.69) is 4.98 Å². The predicted molar refractivity (Wildman–Crippen MR) is 113 cm³/mol. The molecule has 30 heavy (non-hydrogen) atoms. The van der Waals surface area contributed by atoms with Crippen molar-refractivity contribution in [3.8, 4) is 5.75 Å². The number of carboxylic acids is 1. The van der Waals surface area contributed by atoms with Crippen LogP contribution in [0, 0.1) is 0 Å². The lowest BCUT2D eigenvalue weighted by Gasteiger charge is -2.34. The number of benzene rings is 2. The van der Waals surface area contributed by atoms with Crippen LogP contribution in [-0.2, 0) is 11.2 Å². The first-order valence-electron chi connectivity index (χ1n) is 9.87. The quantitative estimate of drug-likeness (QED) is 0.672. The molecule has 1 unspecified atom stereocenters. The van der Waals surface area contributed by atoms with Crippen LogP contribution < -0.4 is 10.5 Å². The van der Waals surface area contributed by atoms with Crippen molar-refractivity contribution in [2.24, 2.45) is 0 Å². The number of imidazole rings is 1. The molecule has 3 aromatic rings. The molecule has 3 N–H and O–H groups in total. The van der Waals surface area contributed by atoms with Crippen LogP contribution in [0.15, 0.2) is 42.5 Å². The molecule has 8 nitrogen and oxygen atoms in total. The number of nitrogen functional groups attached to an aromatic ring is 1. The number of carboxylic acid groups (broad SMARTS) is 1. The van der Waals surface area contributed by atoms with E-state index in [1.807, 2.05) is 33.7 Å². The SMILES string of the molecule is COc1cccc(CC(=O)N2CCCC(n3c(N)nc4ccc(C(=O)O)cc43)C2)c1. The number of likely N-dealkylation sites (tertiary alicyclic amines) is 1. The van der Waals surface area contributed by atoms with Crippen molar-refractivity contribution >= 4 is 28.9 Å². The lowest BCUT2D eigenvalue weighted by molar-refractivity contribution is -0.132. The molecule has 1 fully saturated rings. The minimum absolute atomic E-state index is 0.0437. The Hall–Kier alpha value is -3.55. The van der Waals surface area contributed by atoms with Crippen molar-refractivity contribution in [3.63, 3.8) is 0 Å². The largest absolute Gasteiger partial charge is 0.497 e. The summed E-state index contributed by atoms with van der Waals surface area (Å²) in [6.07, 6.45) is 1.98. The Bertz CT molecular complexity index is 1110. The van der Waals surface area contributed by atoms with Gasteiger partial charge < -0.3 is 25.0 Å². The predicted octanol–water partition coefficient (Wildman–Crippen LogP) is 2.73. The van der Waals surface area contributed by atoms with Crippen molar-refractivity contribution in [2.45, 2.75) is 25.3 Å². The number of carbonyl (C=O) groups is 2. The van der Waals surface area contributed by atoms with Gasteiger partial charge >= 0.3 is 5.97 Å². The lowest BCUT2D eigenvalue weighted by atomic mass is 10.0. The monoisotopic (exact) mass is 408 g/mol. The molecule has 1 saturated heterocycles. The van der Waals surface area contributed by atoms with Gasteiger partial charge in [-0.1, -0.05) is 12.1 Å². The fourth-order valence-corrected chi connectivity index (χ4v) is 4.09. The highest BCUT2D eigenvalue weighted by molar-refractivity contribution is 5.93. The molecule has 156 valence electrons. The Morgan fingerprint density at radius 3 is 2.87 bits per heavy atom. The molecule has 0 spiro atoms. The molecule has 4 rings (SSSR count). The number of nitrogens with two attached hydrogens (primary N) is 1. The number of methoxy groups -OCH3 is 1. The van der Waals surface area contributed by atoms with Gasteiger partial charge in [-0.15, -0.1) is 0 Å². The minimum atomic E-state index is -0.998. The van der Waals surface area contributed by atoms with Crippen LogP contribution in [0.3, 0.4) is 0 Å². The molecule has 1 aromatic heterocycles. The molecule has 2 heterocycles. The fraction of sp³-hybridized carbons (Fsp3) is 0.318. The molecule has 1 atom stereocenters. The molecule has 8 heteroatoms. The van der Waals surface area contributed by atoms with E-state index in [1.54, 1.807) is 19.2 Å². The highest BCUT2D eigenvalue weighted by Gasteiger charge is 2.27. The standard InChI is InChI=1S/C22H24N4O4/c1-30-17-6-2-4-14(10-17)11-20(27)25-9-3-5-16(13-25)26-19-12-15(21(28)29)7-8-18(19)24-22(26)23/h2,4,6-8,10,12,16H,3,5,9,11,13H2,1H3,(H2,23,24)(H,28,29). The van der Waals surface area contributed by atoms with Crippen LogP contribution in [0.25, 0.3) is 11.0 Å². The van der Waals surface area contributed by atoms with Crippen molar-refractivity contribution in [1.82, 2.24) is 14.5 Å². The Morgan fingerprint density at radius 1 is 1.27 bits per heavy atom. The van der Waals surface area contributed by atoms with Crippen molar-refractivity contribution in [2.75, 3.05) is 25.9 Å². The fourth-order valence-electron chi connectivity index (χ4n) is 4.09. The van der Waals surface area contributed by atoms with Gasteiger partial charge in [0.2, 0.25) is 11.9 Å². The average Bonchev–Trinajstić information content (AvgIpc) is 3.08. The van der Waals surface area contributed by atoms with Crippen LogP contribution in [0.4, 0.5) is 5.95 Å². The number of aromatic carboxylic acids is 1. The van der Waals surface area contributed by atoms with E-state index in [1.165, 1.54) is 6.07 Å². The molecule has 1 amide bonds. The van der Waals surface area contributed by atoms with Crippen LogP contribution >= 0.6 is 0 Å². The molecular formula is C22H24N4O4. The zero-order valence-electron chi connectivity index (χ0n) is 16.7. The van der Waals surface area contributed by atoms with Crippen LogP contribution in [0.1, 0.15) is 34.8 Å². The summed E-state index contributed by atoms with van der Waals surface area (Å²) in [5.41, 5.74) is 8.59. The number of aromatic nitrogens is 2. The highest BCUT2D eigenvalue weighted by Crippen LogP contribution is 2.30. The highest BCUT2D eigenvalue weighted by atomic mass is 16.5. The van der Waals surface area contributed by atoms with E-state index in [-0.39, 0.29) is 17.5 Å². The Labute approximate surface area is 173 Å². The van der Waals surface area contributed by atoms with Gasteiger partial charge in [-0.3, -0.25) is 4.79 Å². The summed E-state index contributed by atoms with van der Waals surface area (Å²) in [6, 6.07) is 12.2. The Kier molecular flexibility index (Phi) is 5.31. The summed E-state index contributed by atoms with van der Waals surface area (Å²) in [7, 11) is 1.60. The second kappa shape index (κ2) is 8.06. The molecular weight excluding hydrogens is 384 g/mol. The molecule has 0 saturated carbocycles. The number of piperidine rings is 1. The lowest BCUT2D eigenvalue weighted by Crippen LogP contribution is -2.41. The first-order valence-corrected chi connectivity index (χ1v) is 9.87. The van der Waals surface area contributed by atoms with Gasteiger partial charge in [0, 0.05) is 13.1 Å². The van der Waals surface area contributed by atoms with Crippen molar-refractivity contribution in [1.29, 1.82) is 0 Å². The van der Waals surface area contributed by atoms with Gasteiger partial charge in [0.05, 0.1) is 36.2 Å². The molecule has 0 radical (unpaired) electrons. The van der Waals surface area contributed by atoms with E-state index in [4.69, 9.17) is 10.5 Å². The van der Waals surface area contributed by atoms with Crippen LogP contribution in [-0.4, -0.2) is 51.6 Å². The number of hydrogen-bond acceptors (Lipinski definition) is 5. The third kappa shape index (κ3) is 3.80. The van der Waals surface area contributed by atoms with Gasteiger partial charge in [0.1, 0.15) is 5.75 Å². The van der Waals surface area contributed by atoms with Gasteiger partial charge in [-0.05, 0) is 48.7 Å². The third-order valence-electron chi connectivity index (χ3n) is 5.57. The number of ether oxygens (including phenoxy) is 1. The normalized spacial score (nSPS) is 16.6. The topological polar surface area (TPSA) is 111 Å². The van der Waals surface area contributed by atoms with E-state index in [0.717, 1.165) is 24.2 Å². The summed E-state index contributed by atoms with van der Waals surface area (Å²) in [5.74, 6) is 0.104. The maximum atomic E-state index is 12.9. The zero-order chi connectivity index (χ0) is 21.3. The second-order valence-electron chi connectivity index (χ2n) is 7.51. The van der Waals surface area contributed by atoms with Crippen molar-refractivity contribution in [3.05, 3.63) is 53.6 Å². The molecule has 1 aliphatic rings. The van der Waals surface area contributed by atoms with E-state index < -0.39 is 5.97 Å². The van der Waals surface area contributed by atoms with Gasteiger partial charge in [-0.2, -0.15) is 0 Å². The van der Waals surface area contributed by atoms with Crippen LogP contribution in [0.2, 0.25) is 0 Å². The van der Waals surface area contributed by atoms with E-state index >= 15 is 0 Å². The zero-order valence-corrected chi connectivity index (χ0v) is 16.7. The number of hydrogen-bond donors (Lipinski definition) is 2. The minimum Gasteiger partial charge on any atom is -0.497 e. The molecule has 0 bridgehead atoms. The van der Waals surface area contributed by atoms with Gasteiger partial charge in [0.25, 0.3) is 0 Å². The summed E-state index contributed by atoms with van der Waals surface area (Å²) < 4.78 is 7.11. The number of anilines is 1. The second-order valence-corrected chi connectivity index (χ2v) is 7.51. The molecule has 2 aromatic carbocycles. The molecule has 0 aliphatic carbocycles. The average molecular weight is 408 g/mol. The molecule has 1 aliphatic heterocycles. The summed E-state index contributed by atoms with van der Waals surface area (Å²) in [4.78, 5) is 30.5. The number of carbonyl (C=O) groups excluding carboxylic acids is 1. The smallest absolute Gasteiger partial charge is 0.335 e. The number of rotatable bonds is 5. The van der Waals surface area contributed by atoms with Crippen molar-refractivity contribution < 1.29 is 19.4 Å². The van der Waals surface area contributed by atoms with Gasteiger partial charge in [-0.25, -0.2) is 9.78 Å². The third-order valence-corrected chi connectivity index (χ3v) is 5.57. The van der Waals surface area contributed by atoms with E-state index in [9.17, 15) is 14.7 Å². The summed E-state index contributed by atoms with van der Waals surface area (Å²) in [6.45, 7) is 1.20. The Morgan fingerprint density at radius 2 is 2.10 bits per heavy atom. The maximum Gasteiger partial charge on any atom is 0.335 e. The Balaban J connectivity index is 1.56. The number of fused-ring (bicyclic) bond motifs is 1. The summed E-state index contributed by atoms with van der Waals surface area (Å²) >= 11 is 0.